The Balaban J connectivity index is 1.75. The Labute approximate surface area is 155 Å². The highest BCUT2D eigenvalue weighted by atomic mass is 15.2. The van der Waals surface area contributed by atoms with Gasteiger partial charge in [0.2, 0.25) is 0 Å². The Morgan fingerprint density at radius 1 is 1.12 bits per heavy atom. The normalized spacial score (nSPS) is 14.1. The Hall–Kier alpha value is -2.53. The minimum absolute atomic E-state index is 0.613. The fourth-order valence-corrected chi connectivity index (χ4v) is 3.74. The number of rotatable bonds is 4. The standard InChI is InChI=1S/C21H25BN4/c22-17-7-8-19-18(12-17)20(24-10-9-23)13-21(25-19)26-11-3-6-15-4-1-2-5-16(15)14-26/h1-2,4-5,7-8,12-13H,3,6,9-11,14,22-23H2,(H,24,25). The zero-order valence-corrected chi connectivity index (χ0v) is 15.3. The summed E-state index contributed by atoms with van der Waals surface area (Å²) in [5.74, 6) is 1.04. The van der Waals surface area contributed by atoms with Gasteiger partial charge in [-0.2, -0.15) is 0 Å². The molecule has 0 amide bonds. The topological polar surface area (TPSA) is 54.2 Å². The monoisotopic (exact) mass is 344 g/mol. The number of benzene rings is 2. The minimum atomic E-state index is 0.613. The first-order valence-corrected chi connectivity index (χ1v) is 9.41. The van der Waals surface area contributed by atoms with E-state index in [1.54, 1.807) is 0 Å². The molecule has 0 atom stereocenters. The highest BCUT2D eigenvalue weighted by Crippen LogP contribution is 2.29. The zero-order valence-electron chi connectivity index (χ0n) is 15.3. The van der Waals surface area contributed by atoms with Gasteiger partial charge in [0.15, 0.2) is 0 Å². The molecule has 2 heterocycles. The summed E-state index contributed by atoms with van der Waals surface area (Å²) in [4.78, 5) is 7.38. The molecule has 0 unspecified atom stereocenters. The molecule has 0 fully saturated rings. The molecule has 0 aliphatic carbocycles. The van der Waals surface area contributed by atoms with E-state index in [2.05, 4.69) is 66.6 Å². The van der Waals surface area contributed by atoms with E-state index >= 15 is 0 Å². The Bertz CT molecular complexity index is 925. The van der Waals surface area contributed by atoms with Crippen LogP contribution in [-0.4, -0.2) is 32.5 Å². The van der Waals surface area contributed by atoms with Crippen LogP contribution < -0.4 is 21.4 Å². The van der Waals surface area contributed by atoms with Gasteiger partial charge in [-0.05, 0) is 30.0 Å². The average Bonchev–Trinajstić information content (AvgIpc) is 2.88. The lowest BCUT2D eigenvalue weighted by molar-refractivity contribution is 0.756. The van der Waals surface area contributed by atoms with E-state index in [0.717, 1.165) is 54.9 Å². The van der Waals surface area contributed by atoms with Crippen molar-refractivity contribution in [1.29, 1.82) is 0 Å². The van der Waals surface area contributed by atoms with Crippen molar-refractivity contribution >= 4 is 35.7 Å². The first-order chi connectivity index (χ1) is 12.7. The van der Waals surface area contributed by atoms with Crippen LogP contribution in [0.1, 0.15) is 17.5 Å². The van der Waals surface area contributed by atoms with Gasteiger partial charge in [0.05, 0.1) is 5.52 Å². The lowest BCUT2D eigenvalue weighted by Gasteiger charge is -2.24. The van der Waals surface area contributed by atoms with Gasteiger partial charge in [0.1, 0.15) is 13.7 Å². The Morgan fingerprint density at radius 3 is 2.81 bits per heavy atom. The quantitative estimate of drug-likeness (QED) is 0.709. The van der Waals surface area contributed by atoms with Gasteiger partial charge < -0.3 is 16.0 Å². The molecule has 1 aliphatic rings. The molecule has 3 N–H and O–H groups in total. The summed E-state index contributed by atoms with van der Waals surface area (Å²) >= 11 is 0. The number of hydrogen-bond donors (Lipinski definition) is 2. The molecule has 0 saturated heterocycles. The summed E-state index contributed by atoms with van der Waals surface area (Å²) in [6.45, 7) is 3.31. The number of aromatic nitrogens is 1. The first-order valence-electron chi connectivity index (χ1n) is 9.41. The van der Waals surface area contributed by atoms with E-state index in [4.69, 9.17) is 10.7 Å². The number of fused-ring (bicyclic) bond motifs is 2. The van der Waals surface area contributed by atoms with Crippen molar-refractivity contribution < 1.29 is 0 Å². The fourth-order valence-electron chi connectivity index (χ4n) is 3.74. The van der Waals surface area contributed by atoms with Crippen LogP contribution in [0.5, 0.6) is 0 Å². The summed E-state index contributed by atoms with van der Waals surface area (Å²) in [6.07, 6.45) is 2.29. The molecule has 1 aromatic heterocycles. The number of nitrogens with zero attached hydrogens (tertiary/aromatic N) is 2. The largest absolute Gasteiger partial charge is 0.383 e. The van der Waals surface area contributed by atoms with Gasteiger partial charge in [-0.15, -0.1) is 0 Å². The average molecular weight is 344 g/mol. The third-order valence-corrected chi connectivity index (χ3v) is 5.09. The number of aryl methyl sites for hydroxylation is 1. The maximum absolute atomic E-state index is 5.72. The van der Waals surface area contributed by atoms with E-state index < -0.39 is 0 Å². The van der Waals surface area contributed by atoms with E-state index in [0.29, 0.717) is 6.54 Å². The van der Waals surface area contributed by atoms with Crippen LogP contribution in [0.3, 0.4) is 0 Å². The lowest BCUT2D eigenvalue weighted by atomic mass is 9.94. The number of anilines is 2. The summed E-state index contributed by atoms with van der Waals surface area (Å²) < 4.78 is 0. The molecule has 132 valence electrons. The van der Waals surface area contributed by atoms with Gasteiger partial charge in [-0.25, -0.2) is 4.98 Å². The highest BCUT2D eigenvalue weighted by molar-refractivity contribution is 6.33. The minimum Gasteiger partial charge on any atom is -0.383 e. The molecule has 2 aromatic carbocycles. The van der Waals surface area contributed by atoms with Gasteiger partial charge >= 0.3 is 0 Å². The van der Waals surface area contributed by atoms with Crippen LogP contribution in [0.2, 0.25) is 0 Å². The lowest BCUT2D eigenvalue weighted by Crippen LogP contribution is -2.24. The molecule has 1 aliphatic heterocycles. The second-order valence-corrected chi connectivity index (χ2v) is 7.06. The molecule has 0 saturated carbocycles. The van der Waals surface area contributed by atoms with Gasteiger partial charge in [-0.1, -0.05) is 41.9 Å². The smallest absolute Gasteiger partial charge is 0.139 e. The summed E-state index contributed by atoms with van der Waals surface area (Å²) in [5, 5.41) is 4.65. The summed E-state index contributed by atoms with van der Waals surface area (Å²) in [5.41, 5.74) is 12.0. The van der Waals surface area contributed by atoms with Gasteiger partial charge in [-0.3, -0.25) is 0 Å². The Morgan fingerprint density at radius 2 is 1.96 bits per heavy atom. The maximum Gasteiger partial charge on any atom is 0.139 e. The number of pyridine rings is 1. The fraction of sp³-hybridized carbons (Fsp3) is 0.286. The Kier molecular flexibility index (Phi) is 4.80. The van der Waals surface area contributed by atoms with Crippen molar-refractivity contribution in [2.45, 2.75) is 19.4 Å². The maximum atomic E-state index is 5.72. The van der Waals surface area contributed by atoms with E-state index in [-0.39, 0.29) is 0 Å². The molecular formula is C21H25BN4. The third-order valence-electron chi connectivity index (χ3n) is 5.09. The molecule has 0 spiro atoms. The van der Waals surface area contributed by atoms with E-state index in [9.17, 15) is 0 Å². The van der Waals surface area contributed by atoms with Gasteiger partial charge in [0, 0.05) is 43.3 Å². The first kappa shape index (κ1) is 16.9. The van der Waals surface area contributed by atoms with Crippen LogP contribution in [0, 0.1) is 0 Å². The number of nitrogens with one attached hydrogen (secondary N) is 1. The molecule has 3 aromatic rings. The molecule has 0 bridgehead atoms. The molecule has 4 rings (SSSR count). The summed E-state index contributed by atoms with van der Waals surface area (Å²) in [7, 11) is 2.12. The van der Waals surface area contributed by atoms with Crippen LogP contribution in [0.25, 0.3) is 10.9 Å². The molecule has 5 heteroatoms. The van der Waals surface area contributed by atoms with Crippen LogP contribution in [0.15, 0.2) is 48.5 Å². The predicted octanol–water partition coefficient (Wildman–Crippen LogP) is 1.82. The number of hydrogen-bond acceptors (Lipinski definition) is 4. The van der Waals surface area contributed by atoms with Crippen molar-refractivity contribution in [3.8, 4) is 0 Å². The second-order valence-electron chi connectivity index (χ2n) is 7.06. The van der Waals surface area contributed by atoms with Crippen molar-refractivity contribution in [2.24, 2.45) is 5.73 Å². The van der Waals surface area contributed by atoms with Crippen LogP contribution >= 0.6 is 0 Å². The molecular weight excluding hydrogens is 319 g/mol. The van der Waals surface area contributed by atoms with Crippen molar-refractivity contribution in [3.63, 3.8) is 0 Å². The third kappa shape index (κ3) is 3.40. The number of nitrogens with two attached hydrogens (primary N) is 1. The van der Waals surface area contributed by atoms with Crippen LogP contribution in [-0.2, 0) is 13.0 Å². The van der Waals surface area contributed by atoms with Crippen molar-refractivity contribution in [1.82, 2.24) is 4.98 Å². The van der Waals surface area contributed by atoms with Gasteiger partial charge in [0.25, 0.3) is 0 Å². The van der Waals surface area contributed by atoms with E-state index in [1.807, 2.05) is 0 Å². The van der Waals surface area contributed by atoms with Crippen molar-refractivity contribution in [2.75, 3.05) is 29.9 Å². The van der Waals surface area contributed by atoms with E-state index in [1.165, 1.54) is 16.6 Å². The zero-order chi connectivity index (χ0) is 17.9. The second kappa shape index (κ2) is 7.38. The predicted molar refractivity (Wildman–Crippen MR) is 113 cm³/mol. The highest BCUT2D eigenvalue weighted by Gasteiger charge is 2.17. The van der Waals surface area contributed by atoms with Crippen LogP contribution in [0.4, 0.5) is 11.5 Å². The molecule has 4 nitrogen and oxygen atoms in total. The SMILES string of the molecule is Bc1ccc2nc(N3CCCc4ccccc4C3)cc(NCCN)c2c1. The molecule has 0 radical (unpaired) electrons. The summed E-state index contributed by atoms with van der Waals surface area (Å²) in [6, 6.07) is 17.4. The van der Waals surface area contributed by atoms with Crippen molar-refractivity contribution in [3.05, 3.63) is 59.7 Å². The molecule has 26 heavy (non-hydrogen) atoms.